The number of hydrazine groups is 1. The lowest BCUT2D eigenvalue weighted by molar-refractivity contribution is 0.401. The first-order chi connectivity index (χ1) is 9.97. The summed E-state index contributed by atoms with van der Waals surface area (Å²) < 4.78 is 46.0. The molecule has 2 rings (SSSR count). The molecule has 0 radical (unpaired) electrons. The van der Waals surface area contributed by atoms with Crippen molar-refractivity contribution in [3.05, 3.63) is 63.9 Å². The van der Waals surface area contributed by atoms with Crippen LogP contribution in [-0.4, -0.2) is 7.11 Å². The van der Waals surface area contributed by atoms with Gasteiger partial charge in [0.15, 0.2) is 0 Å². The van der Waals surface area contributed by atoms with Crippen molar-refractivity contribution in [2.75, 3.05) is 7.11 Å². The van der Waals surface area contributed by atoms with Crippen LogP contribution in [0, 0.1) is 17.5 Å². The number of hydrogen-bond donors (Lipinski definition) is 2. The monoisotopic (exact) mass is 316 g/mol. The third-order valence-corrected chi connectivity index (χ3v) is 3.24. The summed E-state index contributed by atoms with van der Waals surface area (Å²) in [6.07, 6.45) is 0. The van der Waals surface area contributed by atoms with Gasteiger partial charge in [0.2, 0.25) is 0 Å². The van der Waals surface area contributed by atoms with Crippen LogP contribution < -0.4 is 16.0 Å². The first kappa shape index (κ1) is 15.6. The average Bonchev–Trinajstić information content (AvgIpc) is 2.42. The lowest BCUT2D eigenvalue weighted by Crippen LogP contribution is -2.30. The Morgan fingerprint density at radius 3 is 2.29 bits per heavy atom. The van der Waals surface area contributed by atoms with Gasteiger partial charge in [-0.2, -0.15) is 0 Å². The number of rotatable bonds is 4. The second kappa shape index (κ2) is 6.34. The molecule has 0 aliphatic carbocycles. The van der Waals surface area contributed by atoms with E-state index in [1.165, 1.54) is 13.2 Å². The molecule has 0 aliphatic rings. The lowest BCUT2D eigenvalue weighted by atomic mass is 9.97. The molecule has 0 fully saturated rings. The van der Waals surface area contributed by atoms with Crippen LogP contribution in [0.25, 0.3) is 0 Å². The molecule has 1 unspecified atom stereocenters. The largest absolute Gasteiger partial charge is 0.496 e. The Kier molecular flexibility index (Phi) is 4.72. The van der Waals surface area contributed by atoms with Crippen LogP contribution >= 0.6 is 11.6 Å². The highest BCUT2D eigenvalue weighted by Crippen LogP contribution is 2.34. The van der Waals surface area contributed by atoms with Gasteiger partial charge in [-0.05, 0) is 18.2 Å². The predicted molar refractivity (Wildman–Crippen MR) is 73.5 cm³/mol. The average molecular weight is 317 g/mol. The Morgan fingerprint density at radius 1 is 1.14 bits per heavy atom. The number of nitrogens with one attached hydrogen (secondary N) is 1. The van der Waals surface area contributed by atoms with Gasteiger partial charge < -0.3 is 4.74 Å². The van der Waals surface area contributed by atoms with E-state index in [4.69, 9.17) is 22.2 Å². The van der Waals surface area contributed by atoms with Crippen LogP contribution in [0.2, 0.25) is 5.02 Å². The number of nitrogens with two attached hydrogens (primary N) is 1. The van der Waals surface area contributed by atoms with Crippen molar-refractivity contribution in [2.24, 2.45) is 5.84 Å². The van der Waals surface area contributed by atoms with Gasteiger partial charge in [-0.1, -0.05) is 11.6 Å². The van der Waals surface area contributed by atoms with Gasteiger partial charge in [0.05, 0.1) is 13.2 Å². The molecule has 3 N–H and O–H groups in total. The topological polar surface area (TPSA) is 47.3 Å². The first-order valence-electron chi connectivity index (χ1n) is 5.92. The van der Waals surface area contributed by atoms with Gasteiger partial charge in [-0.15, -0.1) is 0 Å². The smallest absolute Gasteiger partial charge is 0.134 e. The molecular formula is C14H12ClF3N2O. The Labute approximate surface area is 124 Å². The number of benzene rings is 2. The molecule has 0 saturated carbocycles. The SMILES string of the molecule is COc1ccc(Cl)cc1C(NN)c1c(F)cc(F)cc1F. The van der Waals surface area contributed by atoms with Crippen LogP contribution in [0.3, 0.4) is 0 Å². The van der Waals surface area contributed by atoms with Crippen molar-refractivity contribution in [1.29, 1.82) is 0 Å². The van der Waals surface area contributed by atoms with E-state index in [0.29, 0.717) is 28.5 Å². The summed E-state index contributed by atoms with van der Waals surface area (Å²) in [5.74, 6) is 2.62. The fraction of sp³-hybridized carbons (Fsp3) is 0.143. The van der Waals surface area contributed by atoms with Crippen LogP contribution in [-0.2, 0) is 0 Å². The summed E-state index contributed by atoms with van der Waals surface area (Å²) in [6, 6.07) is 4.65. The highest BCUT2D eigenvalue weighted by atomic mass is 35.5. The normalized spacial score (nSPS) is 12.3. The summed E-state index contributed by atoms with van der Waals surface area (Å²) in [4.78, 5) is 0. The van der Waals surface area contributed by atoms with Crippen LogP contribution in [0.15, 0.2) is 30.3 Å². The van der Waals surface area contributed by atoms with Crippen LogP contribution in [0.1, 0.15) is 17.2 Å². The number of ether oxygens (including phenoxy) is 1. The molecule has 0 aliphatic heterocycles. The Morgan fingerprint density at radius 2 is 1.76 bits per heavy atom. The lowest BCUT2D eigenvalue weighted by Gasteiger charge is -2.21. The maximum atomic E-state index is 13.9. The van der Waals surface area contributed by atoms with Crippen molar-refractivity contribution in [3.63, 3.8) is 0 Å². The molecule has 112 valence electrons. The van der Waals surface area contributed by atoms with Gasteiger partial charge in [0.1, 0.15) is 23.2 Å². The molecule has 0 amide bonds. The second-order valence-electron chi connectivity index (χ2n) is 4.27. The zero-order valence-electron chi connectivity index (χ0n) is 11.0. The van der Waals surface area contributed by atoms with E-state index in [2.05, 4.69) is 5.43 Å². The van der Waals surface area contributed by atoms with Crippen molar-refractivity contribution < 1.29 is 17.9 Å². The summed E-state index contributed by atoms with van der Waals surface area (Å²) in [5.41, 5.74) is 2.21. The maximum absolute atomic E-state index is 13.9. The van der Waals surface area contributed by atoms with Gasteiger partial charge in [0, 0.05) is 28.3 Å². The molecule has 0 heterocycles. The van der Waals surface area contributed by atoms with Gasteiger partial charge in [-0.25, -0.2) is 18.6 Å². The van der Waals surface area contributed by atoms with Crippen LogP contribution in [0.4, 0.5) is 13.2 Å². The highest BCUT2D eigenvalue weighted by Gasteiger charge is 2.25. The van der Waals surface area contributed by atoms with E-state index in [1.807, 2.05) is 0 Å². The Bertz CT molecular complexity index is 644. The van der Waals surface area contributed by atoms with Gasteiger partial charge in [0.25, 0.3) is 0 Å². The molecule has 21 heavy (non-hydrogen) atoms. The first-order valence-corrected chi connectivity index (χ1v) is 6.29. The molecule has 0 bridgehead atoms. The maximum Gasteiger partial charge on any atom is 0.134 e. The van der Waals surface area contributed by atoms with Crippen molar-refractivity contribution >= 4 is 11.6 Å². The molecule has 3 nitrogen and oxygen atoms in total. The second-order valence-corrected chi connectivity index (χ2v) is 4.71. The number of hydrogen-bond acceptors (Lipinski definition) is 3. The fourth-order valence-electron chi connectivity index (χ4n) is 2.09. The Hall–Kier alpha value is -1.76. The van der Waals surface area contributed by atoms with E-state index >= 15 is 0 Å². The Balaban J connectivity index is 2.63. The fourth-order valence-corrected chi connectivity index (χ4v) is 2.27. The number of halogens is 4. The van der Waals surface area contributed by atoms with E-state index in [1.54, 1.807) is 12.1 Å². The zero-order chi connectivity index (χ0) is 15.6. The van der Waals surface area contributed by atoms with E-state index in [9.17, 15) is 13.2 Å². The highest BCUT2D eigenvalue weighted by molar-refractivity contribution is 6.30. The van der Waals surface area contributed by atoms with E-state index < -0.39 is 29.1 Å². The van der Waals surface area contributed by atoms with Crippen LogP contribution in [0.5, 0.6) is 5.75 Å². The van der Waals surface area contributed by atoms with Crippen molar-refractivity contribution in [1.82, 2.24) is 5.43 Å². The molecule has 0 aromatic heterocycles. The molecular weight excluding hydrogens is 305 g/mol. The third-order valence-electron chi connectivity index (χ3n) is 3.00. The predicted octanol–water partition coefficient (Wildman–Crippen LogP) is 3.32. The van der Waals surface area contributed by atoms with E-state index in [-0.39, 0.29) is 0 Å². The van der Waals surface area contributed by atoms with Gasteiger partial charge >= 0.3 is 0 Å². The van der Waals surface area contributed by atoms with Gasteiger partial charge in [-0.3, -0.25) is 5.84 Å². The molecule has 7 heteroatoms. The summed E-state index contributed by atoms with van der Waals surface area (Å²) in [5, 5.41) is 0.342. The quantitative estimate of drug-likeness (QED) is 0.672. The molecule has 1 atom stereocenters. The summed E-state index contributed by atoms with van der Waals surface area (Å²) in [6.45, 7) is 0. The minimum Gasteiger partial charge on any atom is -0.496 e. The molecule has 2 aromatic carbocycles. The minimum absolute atomic E-state index is 0.330. The molecule has 2 aromatic rings. The summed E-state index contributed by atoms with van der Waals surface area (Å²) in [7, 11) is 1.40. The number of methoxy groups -OCH3 is 1. The molecule has 0 saturated heterocycles. The third kappa shape index (κ3) is 3.12. The summed E-state index contributed by atoms with van der Waals surface area (Å²) >= 11 is 5.90. The molecule has 0 spiro atoms. The standard InChI is InChI=1S/C14H12ClF3N2O/c1-21-12-3-2-7(15)4-9(12)14(20-19)13-10(17)5-8(16)6-11(13)18/h2-6,14,20H,19H2,1H3. The van der Waals surface area contributed by atoms with Crippen molar-refractivity contribution in [2.45, 2.75) is 6.04 Å². The van der Waals surface area contributed by atoms with Crippen molar-refractivity contribution in [3.8, 4) is 5.75 Å². The van der Waals surface area contributed by atoms with E-state index in [0.717, 1.165) is 0 Å². The zero-order valence-corrected chi connectivity index (χ0v) is 11.7. The minimum atomic E-state index is -1.08.